The van der Waals surface area contributed by atoms with Crippen LogP contribution >= 0.6 is 11.8 Å². The van der Waals surface area contributed by atoms with Crippen molar-refractivity contribution < 1.29 is 4.79 Å². The number of hydrogen-bond acceptors (Lipinski definition) is 2. The quantitative estimate of drug-likeness (QED) is 0.232. The Hall–Kier alpha value is -2.32. The second kappa shape index (κ2) is 9.57. The molecule has 0 amide bonds. The zero-order valence-electron chi connectivity index (χ0n) is 15.8. The first-order chi connectivity index (χ1) is 13.2. The summed E-state index contributed by atoms with van der Waals surface area (Å²) in [6, 6.07) is 30.5. The fourth-order valence-corrected chi connectivity index (χ4v) is 4.56. The van der Waals surface area contributed by atoms with Gasteiger partial charge in [-0.15, -0.1) is 11.8 Å². The second-order valence-electron chi connectivity index (χ2n) is 7.03. The smallest absolute Gasteiger partial charge is 0.178 e. The first-order valence-electron chi connectivity index (χ1n) is 9.55. The van der Waals surface area contributed by atoms with Crippen molar-refractivity contribution in [2.75, 3.05) is 0 Å². The van der Waals surface area contributed by atoms with Gasteiger partial charge < -0.3 is 0 Å². The summed E-state index contributed by atoms with van der Waals surface area (Å²) >= 11 is 1.69. The monoisotopic (exact) mass is 374 g/mol. The molecule has 0 aromatic heterocycles. The van der Waals surface area contributed by atoms with Crippen molar-refractivity contribution >= 4 is 17.5 Å². The topological polar surface area (TPSA) is 17.1 Å². The number of unbranched alkanes of at least 4 members (excludes halogenated alkanes) is 1. The van der Waals surface area contributed by atoms with E-state index in [0.29, 0.717) is 0 Å². The normalized spacial score (nSPS) is 13.1. The molecule has 27 heavy (non-hydrogen) atoms. The van der Waals surface area contributed by atoms with Gasteiger partial charge in [0.2, 0.25) is 0 Å². The van der Waals surface area contributed by atoms with Crippen LogP contribution in [0.2, 0.25) is 0 Å². The highest BCUT2D eigenvalue weighted by Crippen LogP contribution is 2.39. The van der Waals surface area contributed by atoms with Crippen LogP contribution in [0.1, 0.15) is 42.1 Å². The summed E-state index contributed by atoms with van der Waals surface area (Å²) in [6.45, 7) is 2.10. The highest BCUT2D eigenvalue weighted by molar-refractivity contribution is 8.01. The molecular weight excluding hydrogens is 348 g/mol. The Balaban J connectivity index is 1.70. The van der Waals surface area contributed by atoms with Crippen molar-refractivity contribution in [3.8, 4) is 0 Å². The van der Waals surface area contributed by atoms with Crippen LogP contribution in [0.3, 0.4) is 0 Å². The predicted octanol–water partition coefficient (Wildman–Crippen LogP) is 6.83. The SMILES string of the molecule is CC(CCCCc1ccccc1)(Sc1ccccc1)C(=O)c1ccccc1. The molecular formula is C25H26OS. The minimum Gasteiger partial charge on any atom is -0.293 e. The Kier molecular flexibility index (Phi) is 6.89. The first kappa shape index (κ1) is 19.4. The Morgan fingerprint density at radius 2 is 1.33 bits per heavy atom. The lowest BCUT2D eigenvalue weighted by molar-refractivity contribution is 0.0944. The Morgan fingerprint density at radius 3 is 1.96 bits per heavy atom. The molecule has 1 atom stereocenters. The molecule has 0 saturated carbocycles. The molecule has 0 aliphatic rings. The Labute approximate surface area is 166 Å². The number of Topliss-reactive ketones (excluding diaryl/α,β-unsaturated/α-hetero) is 1. The third-order valence-corrected chi connectivity index (χ3v) is 6.16. The van der Waals surface area contributed by atoms with Crippen molar-refractivity contribution in [3.05, 3.63) is 102 Å². The second-order valence-corrected chi connectivity index (χ2v) is 8.61. The minimum absolute atomic E-state index is 0.219. The number of ketones is 1. The molecule has 1 nitrogen and oxygen atoms in total. The lowest BCUT2D eigenvalue weighted by atomic mass is 9.92. The van der Waals surface area contributed by atoms with Gasteiger partial charge in [-0.25, -0.2) is 0 Å². The van der Waals surface area contributed by atoms with Crippen LogP contribution in [0.4, 0.5) is 0 Å². The minimum atomic E-state index is -0.459. The van der Waals surface area contributed by atoms with Crippen molar-refractivity contribution in [2.45, 2.75) is 42.2 Å². The van der Waals surface area contributed by atoms with Gasteiger partial charge in [0.25, 0.3) is 0 Å². The highest BCUT2D eigenvalue weighted by Gasteiger charge is 2.34. The molecule has 0 heterocycles. The molecule has 3 aromatic rings. The van der Waals surface area contributed by atoms with Crippen LogP contribution in [0.25, 0.3) is 0 Å². The lowest BCUT2D eigenvalue weighted by Gasteiger charge is -2.28. The molecule has 0 aliphatic carbocycles. The van der Waals surface area contributed by atoms with Gasteiger partial charge in [0.05, 0.1) is 4.75 Å². The lowest BCUT2D eigenvalue weighted by Crippen LogP contribution is -2.31. The van der Waals surface area contributed by atoms with Crippen LogP contribution in [0, 0.1) is 0 Å². The number of thioether (sulfide) groups is 1. The maximum atomic E-state index is 13.3. The van der Waals surface area contributed by atoms with E-state index in [0.717, 1.165) is 36.1 Å². The summed E-state index contributed by atoms with van der Waals surface area (Å²) in [7, 11) is 0. The number of carbonyl (C=O) groups is 1. The van der Waals surface area contributed by atoms with Crippen LogP contribution in [0.5, 0.6) is 0 Å². The third-order valence-electron chi connectivity index (χ3n) is 4.81. The van der Waals surface area contributed by atoms with Gasteiger partial charge in [-0.3, -0.25) is 4.79 Å². The number of aryl methyl sites for hydroxylation is 1. The van der Waals surface area contributed by atoms with Gasteiger partial charge in [-0.05, 0) is 43.9 Å². The van der Waals surface area contributed by atoms with Crippen molar-refractivity contribution in [3.63, 3.8) is 0 Å². The first-order valence-corrected chi connectivity index (χ1v) is 10.4. The zero-order valence-corrected chi connectivity index (χ0v) is 16.6. The molecule has 2 heteroatoms. The van der Waals surface area contributed by atoms with Gasteiger partial charge in [0.1, 0.15) is 0 Å². The van der Waals surface area contributed by atoms with Crippen LogP contribution in [-0.2, 0) is 6.42 Å². The van der Waals surface area contributed by atoms with E-state index in [1.165, 1.54) is 5.56 Å². The molecule has 0 spiro atoms. The average Bonchev–Trinajstić information content (AvgIpc) is 2.73. The molecule has 1 unspecified atom stereocenters. The summed E-state index contributed by atoms with van der Waals surface area (Å²) in [4.78, 5) is 14.5. The third kappa shape index (κ3) is 5.58. The van der Waals surface area contributed by atoms with E-state index in [-0.39, 0.29) is 5.78 Å². The molecule has 3 rings (SSSR count). The molecule has 138 valence electrons. The van der Waals surface area contributed by atoms with Crippen molar-refractivity contribution in [1.82, 2.24) is 0 Å². The summed E-state index contributed by atoms with van der Waals surface area (Å²) in [5.41, 5.74) is 2.16. The Morgan fingerprint density at radius 1 is 0.778 bits per heavy atom. The molecule has 0 fully saturated rings. The van der Waals surface area contributed by atoms with E-state index in [9.17, 15) is 4.79 Å². The van der Waals surface area contributed by atoms with Gasteiger partial charge >= 0.3 is 0 Å². The standard InChI is InChI=1S/C25H26OS/c1-25(27-23-18-9-4-10-19-23,24(26)22-16-7-3-8-17-22)20-12-11-15-21-13-5-2-6-14-21/h2-10,13-14,16-19H,11-12,15,20H2,1H3. The van der Waals surface area contributed by atoms with Gasteiger partial charge in [0.15, 0.2) is 5.78 Å². The summed E-state index contributed by atoms with van der Waals surface area (Å²) < 4.78 is -0.459. The molecule has 0 aliphatic heterocycles. The summed E-state index contributed by atoms with van der Waals surface area (Å²) in [5, 5.41) is 0. The molecule has 0 saturated heterocycles. The van der Waals surface area contributed by atoms with Crippen molar-refractivity contribution in [1.29, 1.82) is 0 Å². The Bertz CT molecular complexity index is 830. The number of benzene rings is 3. The predicted molar refractivity (Wildman–Crippen MR) is 115 cm³/mol. The zero-order chi connectivity index (χ0) is 19.0. The van der Waals surface area contributed by atoms with E-state index in [1.54, 1.807) is 11.8 Å². The molecule has 0 N–H and O–H groups in total. The van der Waals surface area contributed by atoms with Crippen LogP contribution in [0.15, 0.2) is 95.9 Å². The average molecular weight is 375 g/mol. The summed E-state index contributed by atoms with van der Waals surface area (Å²) in [6.07, 6.45) is 4.06. The van der Waals surface area contributed by atoms with Gasteiger partial charge in [-0.2, -0.15) is 0 Å². The van der Waals surface area contributed by atoms with E-state index in [2.05, 4.69) is 49.4 Å². The largest absolute Gasteiger partial charge is 0.293 e. The molecule has 0 radical (unpaired) electrons. The van der Waals surface area contributed by atoms with Crippen LogP contribution < -0.4 is 0 Å². The van der Waals surface area contributed by atoms with Gasteiger partial charge in [-0.1, -0.05) is 85.3 Å². The van der Waals surface area contributed by atoms with Crippen molar-refractivity contribution in [2.24, 2.45) is 0 Å². The maximum absolute atomic E-state index is 13.3. The number of carbonyl (C=O) groups excluding carboxylic acids is 1. The summed E-state index contributed by atoms with van der Waals surface area (Å²) in [5.74, 6) is 0.219. The maximum Gasteiger partial charge on any atom is 0.178 e. The fourth-order valence-electron chi connectivity index (χ4n) is 3.29. The number of hydrogen-bond donors (Lipinski definition) is 0. The van der Waals surface area contributed by atoms with E-state index >= 15 is 0 Å². The highest BCUT2D eigenvalue weighted by atomic mass is 32.2. The molecule has 3 aromatic carbocycles. The number of rotatable bonds is 9. The van der Waals surface area contributed by atoms with E-state index < -0.39 is 4.75 Å². The van der Waals surface area contributed by atoms with E-state index in [1.807, 2.05) is 48.5 Å². The van der Waals surface area contributed by atoms with Crippen LogP contribution in [-0.4, -0.2) is 10.5 Å². The van der Waals surface area contributed by atoms with E-state index in [4.69, 9.17) is 0 Å². The van der Waals surface area contributed by atoms with Gasteiger partial charge in [0, 0.05) is 10.5 Å². The fraction of sp³-hybridized carbons (Fsp3) is 0.240. The molecule has 0 bridgehead atoms.